The van der Waals surface area contributed by atoms with Gasteiger partial charge in [0.15, 0.2) is 0 Å². The van der Waals surface area contributed by atoms with Crippen molar-refractivity contribution in [3.05, 3.63) is 5.82 Å². The van der Waals surface area contributed by atoms with Crippen LogP contribution in [0.15, 0.2) is 0 Å². The van der Waals surface area contributed by atoms with Gasteiger partial charge < -0.3 is 10.4 Å². The standard InChI is InChI=1S/C11H17N3O2S/c1-7(2)9-12-10(17-14-9)13-11(4-3-5-11)6-8(15)16/h7H,3-6H2,1-2H3,(H,15,16)(H,12,13,14). The van der Waals surface area contributed by atoms with Crippen LogP contribution in [0, 0.1) is 0 Å². The number of nitrogens with zero attached hydrogens (tertiary/aromatic N) is 2. The number of rotatable bonds is 5. The topological polar surface area (TPSA) is 75.1 Å². The molecule has 0 aromatic carbocycles. The van der Waals surface area contributed by atoms with Gasteiger partial charge in [0.05, 0.1) is 12.0 Å². The number of carbonyl (C=O) groups is 1. The molecular weight excluding hydrogens is 238 g/mol. The minimum absolute atomic E-state index is 0.156. The van der Waals surface area contributed by atoms with Crippen molar-refractivity contribution < 1.29 is 9.90 Å². The van der Waals surface area contributed by atoms with E-state index < -0.39 is 5.97 Å². The Morgan fingerprint density at radius 1 is 1.59 bits per heavy atom. The molecular formula is C11H17N3O2S. The second-order valence-electron chi connectivity index (χ2n) is 4.94. The molecule has 0 atom stereocenters. The molecule has 1 aromatic heterocycles. The van der Waals surface area contributed by atoms with Gasteiger partial charge in [-0.05, 0) is 19.3 Å². The molecule has 1 fully saturated rings. The molecule has 1 heterocycles. The minimum atomic E-state index is -0.759. The average Bonchev–Trinajstić information content (AvgIpc) is 2.62. The van der Waals surface area contributed by atoms with Crippen LogP contribution < -0.4 is 5.32 Å². The summed E-state index contributed by atoms with van der Waals surface area (Å²) in [4.78, 5) is 15.2. The van der Waals surface area contributed by atoms with E-state index in [1.165, 1.54) is 11.5 Å². The van der Waals surface area contributed by atoms with Crippen LogP contribution in [0.2, 0.25) is 0 Å². The Kier molecular flexibility index (Phi) is 3.33. The number of hydrogen-bond donors (Lipinski definition) is 2. The fraction of sp³-hybridized carbons (Fsp3) is 0.727. The lowest BCUT2D eigenvalue weighted by Crippen LogP contribution is -2.46. The van der Waals surface area contributed by atoms with Gasteiger partial charge in [0.2, 0.25) is 5.13 Å². The molecule has 0 saturated heterocycles. The molecule has 0 amide bonds. The van der Waals surface area contributed by atoms with E-state index in [2.05, 4.69) is 14.7 Å². The smallest absolute Gasteiger partial charge is 0.305 e. The number of carboxylic acids is 1. The van der Waals surface area contributed by atoms with E-state index in [0.717, 1.165) is 30.2 Å². The fourth-order valence-corrected chi connectivity index (χ4v) is 2.81. The summed E-state index contributed by atoms with van der Waals surface area (Å²) in [5.74, 6) is 0.367. The first-order valence-electron chi connectivity index (χ1n) is 5.84. The molecule has 94 valence electrons. The zero-order chi connectivity index (χ0) is 12.5. The molecule has 0 aliphatic heterocycles. The van der Waals surface area contributed by atoms with Crippen LogP contribution in [-0.4, -0.2) is 26.0 Å². The number of nitrogens with one attached hydrogen (secondary N) is 1. The van der Waals surface area contributed by atoms with Crippen LogP contribution in [0.5, 0.6) is 0 Å². The van der Waals surface area contributed by atoms with Gasteiger partial charge in [0, 0.05) is 17.5 Å². The molecule has 2 N–H and O–H groups in total. The molecule has 0 unspecified atom stereocenters. The van der Waals surface area contributed by atoms with Gasteiger partial charge in [-0.2, -0.15) is 4.37 Å². The lowest BCUT2D eigenvalue weighted by atomic mass is 9.74. The van der Waals surface area contributed by atoms with Gasteiger partial charge in [-0.1, -0.05) is 13.8 Å². The lowest BCUT2D eigenvalue weighted by molar-refractivity contribution is -0.138. The van der Waals surface area contributed by atoms with Gasteiger partial charge in [-0.3, -0.25) is 4.79 Å². The highest BCUT2D eigenvalue weighted by atomic mass is 32.1. The summed E-state index contributed by atoms with van der Waals surface area (Å²) >= 11 is 1.32. The molecule has 2 rings (SSSR count). The Morgan fingerprint density at radius 3 is 2.71 bits per heavy atom. The Bertz CT molecular complexity index is 413. The second kappa shape index (κ2) is 4.60. The third-order valence-corrected chi connectivity index (χ3v) is 3.78. The zero-order valence-electron chi connectivity index (χ0n) is 10.1. The normalized spacial score (nSPS) is 17.8. The van der Waals surface area contributed by atoms with Crippen molar-refractivity contribution in [2.75, 3.05) is 5.32 Å². The highest BCUT2D eigenvalue weighted by molar-refractivity contribution is 7.09. The van der Waals surface area contributed by atoms with Crippen LogP contribution in [0.1, 0.15) is 51.3 Å². The van der Waals surface area contributed by atoms with Gasteiger partial charge in [-0.15, -0.1) is 0 Å². The summed E-state index contributed by atoms with van der Waals surface area (Å²) < 4.78 is 4.26. The van der Waals surface area contributed by atoms with Crippen LogP contribution >= 0.6 is 11.5 Å². The Morgan fingerprint density at radius 2 is 2.29 bits per heavy atom. The van der Waals surface area contributed by atoms with E-state index in [0.29, 0.717) is 5.92 Å². The number of hydrogen-bond acceptors (Lipinski definition) is 5. The van der Waals surface area contributed by atoms with E-state index in [-0.39, 0.29) is 12.0 Å². The van der Waals surface area contributed by atoms with Crippen molar-refractivity contribution in [1.82, 2.24) is 9.36 Å². The van der Waals surface area contributed by atoms with Crippen molar-refractivity contribution in [3.8, 4) is 0 Å². The summed E-state index contributed by atoms with van der Waals surface area (Å²) in [7, 11) is 0. The van der Waals surface area contributed by atoms with E-state index in [1.54, 1.807) is 0 Å². The summed E-state index contributed by atoms with van der Waals surface area (Å²) in [6, 6.07) is 0. The van der Waals surface area contributed by atoms with E-state index in [9.17, 15) is 4.79 Å². The Balaban J connectivity index is 2.05. The van der Waals surface area contributed by atoms with Crippen LogP contribution in [-0.2, 0) is 4.79 Å². The second-order valence-corrected chi connectivity index (χ2v) is 5.69. The molecule has 1 aromatic rings. The maximum Gasteiger partial charge on any atom is 0.305 e. The Labute approximate surface area is 104 Å². The van der Waals surface area contributed by atoms with E-state index in [4.69, 9.17) is 5.11 Å². The van der Waals surface area contributed by atoms with E-state index in [1.807, 2.05) is 13.8 Å². The molecule has 5 nitrogen and oxygen atoms in total. The van der Waals surface area contributed by atoms with Crippen LogP contribution in [0.3, 0.4) is 0 Å². The van der Waals surface area contributed by atoms with Crippen LogP contribution in [0.4, 0.5) is 5.13 Å². The van der Waals surface area contributed by atoms with Crippen molar-refractivity contribution in [3.63, 3.8) is 0 Å². The predicted molar refractivity (Wildman–Crippen MR) is 66.5 cm³/mol. The quantitative estimate of drug-likeness (QED) is 0.845. The summed E-state index contributed by atoms with van der Waals surface area (Å²) in [5.41, 5.74) is -0.292. The van der Waals surface area contributed by atoms with Gasteiger partial charge >= 0.3 is 5.97 Å². The number of carboxylic acid groups (broad SMARTS) is 1. The Hall–Kier alpha value is -1.17. The van der Waals surface area contributed by atoms with Crippen molar-refractivity contribution >= 4 is 22.6 Å². The van der Waals surface area contributed by atoms with Crippen molar-refractivity contribution in [2.24, 2.45) is 0 Å². The highest BCUT2D eigenvalue weighted by Gasteiger charge is 2.39. The first kappa shape index (κ1) is 12.3. The molecule has 17 heavy (non-hydrogen) atoms. The molecule has 0 bridgehead atoms. The molecule has 1 saturated carbocycles. The number of anilines is 1. The summed E-state index contributed by atoms with van der Waals surface area (Å²) in [5, 5.41) is 12.9. The minimum Gasteiger partial charge on any atom is -0.481 e. The SMILES string of the molecule is CC(C)c1nsc(NC2(CC(=O)O)CCC2)n1. The van der Waals surface area contributed by atoms with Crippen molar-refractivity contribution in [2.45, 2.75) is 51.0 Å². The summed E-state index contributed by atoms with van der Waals surface area (Å²) in [6.45, 7) is 4.09. The lowest BCUT2D eigenvalue weighted by Gasteiger charge is -2.41. The maximum atomic E-state index is 10.8. The largest absolute Gasteiger partial charge is 0.481 e. The maximum absolute atomic E-state index is 10.8. The molecule has 1 aliphatic carbocycles. The highest BCUT2D eigenvalue weighted by Crippen LogP contribution is 2.38. The molecule has 1 aliphatic rings. The molecule has 0 spiro atoms. The molecule has 0 radical (unpaired) electrons. The monoisotopic (exact) mass is 255 g/mol. The van der Waals surface area contributed by atoms with Gasteiger partial charge in [-0.25, -0.2) is 4.98 Å². The third kappa shape index (κ3) is 2.74. The number of aliphatic carboxylic acids is 1. The number of aromatic nitrogens is 2. The van der Waals surface area contributed by atoms with E-state index >= 15 is 0 Å². The van der Waals surface area contributed by atoms with Gasteiger partial charge in [0.1, 0.15) is 5.82 Å². The first-order chi connectivity index (χ1) is 8.01. The predicted octanol–water partition coefficient (Wildman–Crippen LogP) is 2.47. The van der Waals surface area contributed by atoms with Crippen LogP contribution in [0.25, 0.3) is 0 Å². The average molecular weight is 255 g/mol. The zero-order valence-corrected chi connectivity index (χ0v) is 10.9. The third-order valence-electron chi connectivity index (χ3n) is 3.13. The first-order valence-corrected chi connectivity index (χ1v) is 6.62. The summed E-state index contributed by atoms with van der Waals surface area (Å²) in [6.07, 6.45) is 3.03. The van der Waals surface area contributed by atoms with Gasteiger partial charge in [0.25, 0.3) is 0 Å². The fourth-order valence-electron chi connectivity index (χ4n) is 1.99. The molecule has 6 heteroatoms. The van der Waals surface area contributed by atoms with Crippen molar-refractivity contribution in [1.29, 1.82) is 0 Å².